The number of pyridine rings is 1. The molecule has 6 nitrogen and oxygen atoms in total. The number of aromatic nitrogens is 1. The monoisotopic (exact) mass is 352 g/mol. The van der Waals surface area contributed by atoms with E-state index >= 15 is 0 Å². The average molecular weight is 352 g/mol. The van der Waals surface area contributed by atoms with Gasteiger partial charge in [-0.15, -0.1) is 0 Å². The molecule has 2 heterocycles. The number of nitrogens with zero attached hydrogens (tertiary/aromatic N) is 1. The molecule has 0 saturated carbocycles. The number of alkyl carbamates (subject to hydrolysis) is 1. The molecule has 2 rings (SSSR count). The van der Waals surface area contributed by atoms with Gasteiger partial charge in [0.25, 0.3) is 0 Å². The minimum absolute atomic E-state index is 0.0651. The molecule has 1 aromatic heterocycles. The number of rotatable bonds is 3. The lowest BCUT2D eigenvalue weighted by Gasteiger charge is -2.32. The van der Waals surface area contributed by atoms with Crippen molar-refractivity contribution in [2.45, 2.75) is 71.8 Å². The summed E-state index contributed by atoms with van der Waals surface area (Å²) in [4.78, 5) is 15.7. The first kappa shape index (κ1) is 19.7. The number of hydrogen-bond donors (Lipinski definition) is 1. The minimum atomic E-state index is -0.681. The second kappa shape index (κ2) is 6.57. The summed E-state index contributed by atoms with van der Waals surface area (Å²) >= 11 is 0. The number of hydrogen-bond acceptors (Lipinski definition) is 5. The van der Waals surface area contributed by atoms with Gasteiger partial charge in [0.2, 0.25) is 0 Å². The van der Waals surface area contributed by atoms with Crippen LogP contribution in [0, 0.1) is 5.82 Å². The summed E-state index contributed by atoms with van der Waals surface area (Å²) in [5.74, 6) is -0.539. The lowest BCUT2D eigenvalue weighted by molar-refractivity contribution is 0.00578. The molecule has 8 heteroatoms. The van der Waals surface area contributed by atoms with Crippen LogP contribution in [-0.4, -0.2) is 35.0 Å². The Morgan fingerprint density at radius 1 is 1.28 bits per heavy atom. The van der Waals surface area contributed by atoms with E-state index in [0.29, 0.717) is 5.46 Å². The van der Waals surface area contributed by atoms with Crippen LogP contribution in [0.3, 0.4) is 0 Å². The van der Waals surface area contributed by atoms with Crippen molar-refractivity contribution in [3.63, 3.8) is 0 Å². The zero-order chi connectivity index (χ0) is 19.0. The Balaban J connectivity index is 2.03. The summed E-state index contributed by atoms with van der Waals surface area (Å²) in [5, 5.41) is 2.49. The van der Waals surface area contributed by atoms with Gasteiger partial charge in [-0.2, -0.15) is 0 Å². The average Bonchev–Trinajstić information content (AvgIpc) is 2.64. The van der Waals surface area contributed by atoms with Crippen LogP contribution in [-0.2, 0) is 20.6 Å². The first-order chi connectivity index (χ1) is 11.3. The summed E-state index contributed by atoms with van der Waals surface area (Å²) in [6, 6.07) is 1.32. The van der Waals surface area contributed by atoms with E-state index in [2.05, 4.69) is 10.3 Å². The van der Waals surface area contributed by atoms with Gasteiger partial charge in [-0.3, -0.25) is 4.98 Å². The number of carbonyl (C=O) groups excluding carboxylic acids is 1. The largest absolute Gasteiger partial charge is 0.496 e. The molecular weight excluding hydrogens is 326 g/mol. The fraction of sp³-hybridized carbons (Fsp3) is 0.647. The molecule has 138 valence electrons. The van der Waals surface area contributed by atoms with Crippen molar-refractivity contribution >= 4 is 18.7 Å². The Kier molecular flexibility index (Phi) is 5.17. The third-order valence-electron chi connectivity index (χ3n) is 4.26. The maximum Gasteiger partial charge on any atom is 0.496 e. The molecule has 0 spiro atoms. The van der Waals surface area contributed by atoms with E-state index in [9.17, 15) is 9.18 Å². The van der Waals surface area contributed by atoms with Gasteiger partial charge < -0.3 is 19.4 Å². The minimum Gasteiger partial charge on any atom is -0.444 e. The first-order valence-electron chi connectivity index (χ1n) is 8.27. The van der Waals surface area contributed by atoms with E-state index in [1.807, 2.05) is 27.7 Å². The van der Waals surface area contributed by atoms with Gasteiger partial charge >= 0.3 is 13.2 Å². The smallest absolute Gasteiger partial charge is 0.444 e. The van der Waals surface area contributed by atoms with E-state index < -0.39 is 35.8 Å². The van der Waals surface area contributed by atoms with Crippen molar-refractivity contribution in [3.8, 4) is 0 Å². The van der Waals surface area contributed by atoms with Gasteiger partial charge in [-0.25, -0.2) is 9.18 Å². The van der Waals surface area contributed by atoms with Gasteiger partial charge in [0, 0.05) is 11.7 Å². The highest BCUT2D eigenvalue weighted by atomic mass is 19.1. The third kappa shape index (κ3) is 4.70. The summed E-state index contributed by atoms with van der Waals surface area (Å²) in [6.45, 7) is 12.9. The Bertz CT molecular complexity index is 643. The number of halogens is 1. The molecule has 0 radical (unpaired) electrons. The second-order valence-corrected chi connectivity index (χ2v) is 8.14. The molecular formula is C17H26BFN2O4. The van der Waals surface area contributed by atoms with Crippen LogP contribution in [0.1, 0.15) is 54.2 Å². The Hall–Kier alpha value is -1.67. The number of amides is 1. The highest BCUT2D eigenvalue weighted by Gasteiger charge is 2.51. The fourth-order valence-electron chi connectivity index (χ4n) is 2.19. The van der Waals surface area contributed by atoms with Crippen LogP contribution < -0.4 is 10.8 Å². The van der Waals surface area contributed by atoms with E-state index in [1.54, 1.807) is 20.8 Å². The van der Waals surface area contributed by atoms with Crippen molar-refractivity contribution in [2.75, 3.05) is 0 Å². The number of carbonyl (C=O) groups is 1. The molecule has 0 atom stereocenters. The maximum atomic E-state index is 14.3. The van der Waals surface area contributed by atoms with Gasteiger partial charge in [0.1, 0.15) is 11.4 Å². The molecule has 0 bridgehead atoms. The van der Waals surface area contributed by atoms with Crippen molar-refractivity contribution in [3.05, 3.63) is 23.8 Å². The molecule has 1 aromatic rings. The van der Waals surface area contributed by atoms with E-state index in [0.717, 1.165) is 0 Å². The second-order valence-electron chi connectivity index (χ2n) is 8.14. The van der Waals surface area contributed by atoms with Crippen molar-refractivity contribution in [1.82, 2.24) is 10.3 Å². The standard InChI is InChI=1S/C17H26BFN2O4/c1-15(2,3)23-14(22)21-10-13-12(19)8-11(9-20-13)18-24-16(4,5)17(6,7)25-18/h8-9H,10H2,1-7H3,(H,21,22). The van der Waals surface area contributed by atoms with Crippen LogP contribution in [0.5, 0.6) is 0 Å². The van der Waals surface area contributed by atoms with E-state index in [-0.39, 0.29) is 12.2 Å². The number of nitrogens with one attached hydrogen (secondary N) is 1. The van der Waals surface area contributed by atoms with Crippen LogP contribution in [0.25, 0.3) is 0 Å². The molecule has 1 N–H and O–H groups in total. The highest BCUT2D eigenvalue weighted by Crippen LogP contribution is 2.36. The molecule has 25 heavy (non-hydrogen) atoms. The SMILES string of the molecule is CC(C)(C)OC(=O)NCc1ncc(B2OC(C)(C)C(C)(C)O2)cc1F. The zero-order valence-electron chi connectivity index (χ0n) is 15.9. The molecule has 1 aliphatic rings. The molecule has 0 unspecified atom stereocenters. The van der Waals surface area contributed by atoms with Gasteiger partial charge in [0.15, 0.2) is 0 Å². The van der Waals surface area contributed by atoms with E-state index in [4.69, 9.17) is 14.0 Å². The maximum absolute atomic E-state index is 14.3. The highest BCUT2D eigenvalue weighted by molar-refractivity contribution is 6.62. The topological polar surface area (TPSA) is 69.7 Å². The molecule has 1 amide bonds. The third-order valence-corrected chi connectivity index (χ3v) is 4.26. The van der Waals surface area contributed by atoms with Crippen molar-refractivity contribution < 1.29 is 23.2 Å². The molecule has 1 aliphatic heterocycles. The Labute approximate surface area is 148 Å². The lowest BCUT2D eigenvalue weighted by Crippen LogP contribution is -2.41. The van der Waals surface area contributed by atoms with Gasteiger partial charge in [0.05, 0.1) is 23.4 Å². The Morgan fingerprint density at radius 3 is 2.32 bits per heavy atom. The first-order valence-corrected chi connectivity index (χ1v) is 8.27. The summed E-state index contributed by atoms with van der Waals surface area (Å²) < 4.78 is 31.2. The predicted octanol–water partition coefficient (Wildman–Crippen LogP) is 2.54. The Morgan fingerprint density at radius 2 is 1.84 bits per heavy atom. The van der Waals surface area contributed by atoms with E-state index in [1.165, 1.54) is 12.3 Å². The van der Waals surface area contributed by atoms with Gasteiger partial charge in [-0.1, -0.05) is 0 Å². The van der Waals surface area contributed by atoms with Crippen LogP contribution in [0.2, 0.25) is 0 Å². The lowest BCUT2D eigenvalue weighted by atomic mass is 9.80. The number of ether oxygens (including phenoxy) is 1. The molecule has 1 saturated heterocycles. The summed E-state index contributed by atoms with van der Waals surface area (Å²) in [7, 11) is -0.681. The quantitative estimate of drug-likeness (QED) is 0.847. The molecule has 0 aromatic carbocycles. The van der Waals surface area contributed by atoms with Gasteiger partial charge in [-0.05, 0) is 54.5 Å². The summed E-state index contributed by atoms with van der Waals surface area (Å²) in [5.41, 5.74) is -1.02. The predicted molar refractivity (Wildman–Crippen MR) is 93.0 cm³/mol. The van der Waals surface area contributed by atoms with Crippen molar-refractivity contribution in [1.29, 1.82) is 0 Å². The normalized spacial score (nSPS) is 19.0. The summed E-state index contributed by atoms with van der Waals surface area (Å²) in [6.07, 6.45) is 0.876. The van der Waals surface area contributed by atoms with Crippen LogP contribution in [0.4, 0.5) is 9.18 Å². The van der Waals surface area contributed by atoms with Crippen molar-refractivity contribution in [2.24, 2.45) is 0 Å². The zero-order valence-corrected chi connectivity index (χ0v) is 15.9. The molecule has 1 fully saturated rings. The fourth-order valence-corrected chi connectivity index (χ4v) is 2.19. The van der Waals surface area contributed by atoms with Crippen LogP contribution >= 0.6 is 0 Å². The van der Waals surface area contributed by atoms with Crippen LogP contribution in [0.15, 0.2) is 12.3 Å². The molecule has 0 aliphatic carbocycles.